The SMILES string of the molecule is CCCCCC/C=C\C=C/CCCCCCCC(=O)OC[C@H](COP(=O)(O)OC[C@@H](O)COP(=O)(O)OC[C@@H](COC(=O)CCCCCCCCCCCCC)OC(=O)CCCCCCCCCCCC(C)C)OC(=O)CCCCCCCCCCCCCCCCCCCC. The van der Waals surface area contributed by atoms with Crippen molar-refractivity contribution in [1.29, 1.82) is 0 Å². The number of ether oxygens (including phenoxy) is 4. The van der Waals surface area contributed by atoms with Gasteiger partial charge in [0.15, 0.2) is 12.2 Å². The summed E-state index contributed by atoms with van der Waals surface area (Å²) >= 11 is 0. The number of carbonyl (C=O) groups is 4. The van der Waals surface area contributed by atoms with E-state index in [0.717, 1.165) is 115 Å². The molecule has 0 spiro atoms. The minimum Gasteiger partial charge on any atom is -0.462 e. The van der Waals surface area contributed by atoms with E-state index < -0.39 is 97.5 Å². The smallest absolute Gasteiger partial charge is 0.462 e. The number of carbonyl (C=O) groups excluding carboxylic acids is 4. The van der Waals surface area contributed by atoms with Gasteiger partial charge in [-0.05, 0) is 57.3 Å². The summed E-state index contributed by atoms with van der Waals surface area (Å²) in [6, 6.07) is 0. The Hall–Kier alpha value is -2.46. The molecular formula is C77H146O17P2. The van der Waals surface area contributed by atoms with E-state index in [0.29, 0.717) is 25.7 Å². The Balaban J connectivity index is 5.28. The predicted molar refractivity (Wildman–Crippen MR) is 391 cm³/mol. The Morgan fingerprint density at radius 3 is 0.854 bits per heavy atom. The predicted octanol–water partition coefficient (Wildman–Crippen LogP) is 22.4. The number of allylic oxidation sites excluding steroid dienone is 4. The highest BCUT2D eigenvalue weighted by atomic mass is 31.2. The second-order valence-electron chi connectivity index (χ2n) is 27.5. The van der Waals surface area contributed by atoms with Gasteiger partial charge in [0.2, 0.25) is 0 Å². The van der Waals surface area contributed by atoms with Crippen LogP contribution in [0.15, 0.2) is 24.3 Å². The molecular weight excluding hydrogens is 1260 g/mol. The topological polar surface area (TPSA) is 237 Å². The van der Waals surface area contributed by atoms with Crippen LogP contribution in [0.4, 0.5) is 0 Å². The third-order valence-corrected chi connectivity index (χ3v) is 19.3. The molecule has 17 nitrogen and oxygen atoms in total. The van der Waals surface area contributed by atoms with Crippen LogP contribution in [0.5, 0.6) is 0 Å². The molecule has 0 aromatic rings. The Morgan fingerprint density at radius 1 is 0.323 bits per heavy atom. The number of unbranched alkanes of at least 4 members (excludes halogenated alkanes) is 44. The summed E-state index contributed by atoms with van der Waals surface area (Å²) < 4.78 is 68.5. The molecule has 566 valence electrons. The van der Waals surface area contributed by atoms with E-state index >= 15 is 0 Å². The van der Waals surface area contributed by atoms with Gasteiger partial charge in [0.1, 0.15) is 19.3 Å². The molecule has 0 aromatic heterocycles. The van der Waals surface area contributed by atoms with Crippen LogP contribution in [-0.4, -0.2) is 96.7 Å². The van der Waals surface area contributed by atoms with Gasteiger partial charge in [0.25, 0.3) is 0 Å². The number of esters is 4. The zero-order valence-corrected chi connectivity index (χ0v) is 63.8. The van der Waals surface area contributed by atoms with Gasteiger partial charge < -0.3 is 33.8 Å². The van der Waals surface area contributed by atoms with Gasteiger partial charge in [-0.15, -0.1) is 0 Å². The highest BCUT2D eigenvalue weighted by Gasteiger charge is 2.30. The maximum Gasteiger partial charge on any atom is 0.472 e. The van der Waals surface area contributed by atoms with Crippen LogP contribution in [0.2, 0.25) is 0 Å². The molecule has 0 aromatic carbocycles. The first-order chi connectivity index (χ1) is 46.5. The number of phosphoric acid groups is 2. The van der Waals surface area contributed by atoms with E-state index in [1.165, 1.54) is 186 Å². The Labute approximate surface area is 586 Å². The van der Waals surface area contributed by atoms with Crippen LogP contribution >= 0.6 is 15.6 Å². The third-order valence-electron chi connectivity index (χ3n) is 17.4. The molecule has 96 heavy (non-hydrogen) atoms. The Morgan fingerprint density at radius 2 is 0.562 bits per heavy atom. The van der Waals surface area contributed by atoms with Crippen molar-refractivity contribution < 1.29 is 80.2 Å². The first kappa shape index (κ1) is 93.5. The summed E-state index contributed by atoms with van der Waals surface area (Å²) in [4.78, 5) is 72.8. The molecule has 0 amide bonds. The normalized spacial score (nSPS) is 14.1. The van der Waals surface area contributed by atoms with Crippen LogP contribution in [0.3, 0.4) is 0 Å². The summed E-state index contributed by atoms with van der Waals surface area (Å²) in [5.74, 6) is -1.41. The monoisotopic (exact) mass is 1410 g/mol. The summed E-state index contributed by atoms with van der Waals surface area (Å²) in [5.41, 5.74) is 0. The van der Waals surface area contributed by atoms with Crippen molar-refractivity contribution in [1.82, 2.24) is 0 Å². The van der Waals surface area contributed by atoms with Crippen LogP contribution in [0.25, 0.3) is 0 Å². The number of hydrogen-bond donors (Lipinski definition) is 3. The fourth-order valence-corrected chi connectivity index (χ4v) is 12.9. The number of aliphatic hydroxyl groups is 1. The highest BCUT2D eigenvalue weighted by molar-refractivity contribution is 7.47. The highest BCUT2D eigenvalue weighted by Crippen LogP contribution is 2.45. The van der Waals surface area contributed by atoms with E-state index in [9.17, 15) is 43.2 Å². The van der Waals surface area contributed by atoms with Crippen molar-refractivity contribution >= 4 is 39.5 Å². The molecule has 0 aliphatic carbocycles. The van der Waals surface area contributed by atoms with Gasteiger partial charge in [0, 0.05) is 25.7 Å². The lowest BCUT2D eigenvalue weighted by Gasteiger charge is -2.21. The first-order valence-electron chi connectivity index (χ1n) is 39.5. The van der Waals surface area contributed by atoms with Crippen LogP contribution in [-0.2, 0) is 65.4 Å². The van der Waals surface area contributed by atoms with E-state index in [-0.39, 0.29) is 25.7 Å². The number of phosphoric ester groups is 2. The second kappa shape index (κ2) is 69.6. The standard InChI is InChI=1S/C77H146O17P2/c1-6-9-12-15-18-21-24-26-28-29-30-32-34-37-42-47-52-57-62-76(81)93-72(66-88-75(80)61-56-51-46-41-36-33-31-27-25-22-19-16-13-10-7-2)68-91-95(83,84)89-64-71(78)65-90-96(85,86)92-69-73(67-87-74(79)60-55-50-45-40-35-23-20-17-14-11-8-3)94-77(82)63-58-53-48-43-38-39-44-49-54-59-70(4)5/h22,25,27,31,70-73,78H,6-21,23-24,26,28-30,32-69H2,1-5H3,(H,83,84)(H,85,86)/b25-22-,31-27-/t71-,72-,73-/m1/s1. The lowest BCUT2D eigenvalue weighted by Crippen LogP contribution is -2.30. The van der Waals surface area contributed by atoms with Gasteiger partial charge in [-0.25, -0.2) is 9.13 Å². The van der Waals surface area contributed by atoms with Crippen LogP contribution in [0.1, 0.15) is 381 Å². The maximum absolute atomic E-state index is 13.1. The fraction of sp³-hybridized carbons (Fsp3) is 0.896. The molecule has 0 rings (SSSR count). The van der Waals surface area contributed by atoms with Gasteiger partial charge in [-0.1, -0.05) is 329 Å². The maximum atomic E-state index is 13.1. The molecule has 0 aliphatic rings. The van der Waals surface area contributed by atoms with E-state index in [4.69, 9.17) is 37.0 Å². The van der Waals surface area contributed by atoms with Crippen molar-refractivity contribution in [2.24, 2.45) is 5.92 Å². The van der Waals surface area contributed by atoms with Crippen LogP contribution < -0.4 is 0 Å². The quantitative estimate of drug-likeness (QED) is 0.0169. The van der Waals surface area contributed by atoms with Crippen molar-refractivity contribution in [2.45, 2.75) is 400 Å². The molecule has 5 atom stereocenters. The molecule has 0 saturated heterocycles. The Kier molecular flexibility index (Phi) is 67.8. The zero-order chi connectivity index (χ0) is 70.5. The van der Waals surface area contributed by atoms with E-state index in [1.54, 1.807) is 0 Å². The summed E-state index contributed by atoms with van der Waals surface area (Å²) in [6.07, 6.45) is 61.8. The van der Waals surface area contributed by atoms with Gasteiger partial charge in [0.05, 0.1) is 26.4 Å². The van der Waals surface area contributed by atoms with Gasteiger partial charge in [-0.3, -0.25) is 37.3 Å². The molecule has 3 N–H and O–H groups in total. The second-order valence-corrected chi connectivity index (χ2v) is 30.4. The Bertz CT molecular complexity index is 1930. The number of hydrogen-bond acceptors (Lipinski definition) is 15. The summed E-state index contributed by atoms with van der Waals surface area (Å²) in [5, 5.41) is 10.6. The molecule has 0 aliphatic heterocycles. The van der Waals surface area contributed by atoms with Gasteiger partial charge in [-0.2, -0.15) is 0 Å². The lowest BCUT2D eigenvalue weighted by molar-refractivity contribution is -0.161. The molecule has 0 radical (unpaired) electrons. The fourth-order valence-electron chi connectivity index (χ4n) is 11.3. The average molecular weight is 1410 g/mol. The average Bonchev–Trinajstić information content (AvgIpc) is 3.43. The van der Waals surface area contributed by atoms with Crippen molar-refractivity contribution in [2.75, 3.05) is 39.6 Å². The zero-order valence-electron chi connectivity index (χ0n) is 62.0. The van der Waals surface area contributed by atoms with Crippen molar-refractivity contribution in [3.63, 3.8) is 0 Å². The molecule has 0 bridgehead atoms. The van der Waals surface area contributed by atoms with E-state index in [2.05, 4.69) is 58.9 Å². The first-order valence-corrected chi connectivity index (χ1v) is 42.4. The molecule has 0 fully saturated rings. The van der Waals surface area contributed by atoms with Gasteiger partial charge >= 0.3 is 39.5 Å². The number of aliphatic hydroxyl groups excluding tert-OH is 1. The van der Waals surface area contributed by atoms with E-state index in [1.807, 2.05) is 0 Å². The number of rotatable bonds is 75. The van der Waals surface area contributed by atoms with Crippen molar-refractivity contribution in [3.05, 3.63) is 24.3 Å². The molecule has 0 heterocycles. The molecule has 0 saturated carbocycles. The lowest BCUT2D eigenvalue weighted by atomic mass is 10.0. The molecule has 19 heteroatoms. The summed E-state index contributed by atoms with van der Waals surface area (Å²) in [7, 11) is -9.92. The minimum atomic E-state index is -4.96. The largest absolute Gasteiger partial charge is 0.472 e. The molecule has 2 unspecified atom stereocenters. The minimum absolute atomic E-state index is 0.102. The van der Waals surface area contributed by atoms with Crippen molar-refractivity contribution in [3.8, 4) is 0 Å². The van der Waals surface area contributed by atoms with Crippen LogP contribution in [0, 0.1) is 5.92 Å². The summed E-state index contributed by atoms with van der Waals surface area (Å²) in [6.45, 7) is 7.21. The third kappa shape index (κ3) is 70.0.